The van der Waals surface area contributed by atoms with Crippen LogP contribution in [0.1, 0.15) is 5.56 Å². The van der Waals surface area contributed by atoms with Gasteiger partial charge in [-0.1, -0.05) is 52.4 Å². The van der Waals surface area contributed by atoms with Gasteiger partial charge in [0.2, 0.25) is 9.84 Å². The zero-order valence-electron chi connectivity index (χ0n) is 10.5. The Morgan fingerprint density at radius 3 is 2.60 bits per heavy atom. The number of rotatable bonds is 5. The van der Waals surface area contributed by atoms with Crippen molar-refractivity contribution in [3.05, 3.63) is 34.2 Å². The van der Waals surface area contributed by atoms with Crippen LogP contribution in [0.25, 0.3) is 0 Å². The van der Waals surface area contributed by atoms with Gasteiger partial charge < -0.3 is 5.11 Å². The summed E-state index contributed by atoms with van der Waals surface area (Å²) in [5.41, 5.74) is 0.979. The predicted molar refractivity (Wildman–Crippen MR) is 81.6 cm³/mol. The van der Waals surface area contributed by atoms with E-state index in [1.165, 1.54) is 11.8 Å². The second-order valence-electron chi connectivity index (χ2n) is 3.95. The smallest absolute Gasteiger partial charge is 0.226 e. The SMILES string of the molecule is Cc1ccc(S(=O)(=O)c2nc(SCCO)sc2Cl)cc1. The summed E-state index contributed by atoms with van der Waals surface area (Å²) < 4.78 is 25.6. The summed E-state index contributed by atoms with van der Waals surface area (Å²) in [6.07, 6.45) is 0. The number of hydrogen-bond acceptors (Lipinski definition) is 6. The van der Waals surface area contributed by atoms with Gasteiger partial charge in [0, 0.05) is 5.75 Å². The first kappa shape index (κ1) is 15.8. The van der Waals surface area contributed by atoms with Crippen LogP contribution in [0.3, 0.4) is 0 Å². The second kappa shape index (κ2) is 6.44. The zero-order valence-corrected chi connectivity index (χ0v) is 13.7. The summed E-state index contributed by atoms with van der Waals surface area (Å²) >= 11 is 8.37. The highest BCUT2D eigenvalue weighted by Gasteiger charge is 2.25. The van der Waals surface area contributed by atoms with Crippen molar-refractivity contribution in [3.8, 4) is 0 Å². The van der Waals surface area contributed by atoms with E-state index in [4.69, 9.17) is 16.7 Å². The highest BCUT2D eigenvalue weighted by Crippen LogP contribution is 2.36. The molecule has 1 N–H and O–H groups in total. The number of aromatic nitrogens is 1. The maximum absolute atomic E-state index is 12.5. The van der Waals surface area contributed by atoms with Gasteiger partial charge in [0.15, 0.2) is 9.37 Å². The lowest BCUT2D eigenvalue weighted by molar-refractivity contribution is 0.322. The fourth-order valence-corrected chi connectivity index (χ4v) is 5.45. The maximum Gasteiger partial charge on any atom is 0.226 e. The number of thiazole rings is 1. The van der Waals surface area contributed by atoms with E-state index in [2.05, 4.69) is 4.98 Å². The Morgan fingerprint density at radius 1 is 1.35 bits per heavy atom. The summed E-state index contributed by atoms with van der Waals surface area (Å²) in [5, 5.41) is 8.66. The average molecular weight is 350 g/mol. The topological polar surface area (TPSA) is 67.3 Å². The molecule has 20 heavy (non-hydrogen) atoms. The second-order valence-corrected chi connectivity index (χ2v) is 8.76. The lowest BCUT2D eigenvalue weighted by atomic mass is 10.2. The van der Waals surface area contributed by atoms with Crippen molar-refractivity contribution < 1.29 is 13.5 Å². The molecule has 4 nitrogen and oxygen atoms in total. The number of sulfone groups is 1. The summed E-state index contributed by atoms with van der Waals surface area (Å²) in [5.74, 6) is 0.452. The molecule has 108 valence electrons. The Hall–Kier alpha value is -0.600. The highest BCUT2D eigenvalue weighted by atomic mass is 35.5. The van der Waals surface area contributed by atoms with Crippen LogP contribution in [-0.4, -0.2) is 30.9 Å². The minimum absolute atomic E-state index is 0.00190. The van der Waals surface area contributed by atoms with Gasteiger partial charge in [-0.15, -0.1) is 0 Å². The lowest BCUT2D eigenvalue weighted by Crippen LogP contribution is -2.03. The van der Waals surface area contributed by atoms with E-state index in [1.54, 1.807) is 24.3 Å². The van der Waals surface area contributed by atoms with E-state index in [0.29, 0.717) is 10.1 Å². The molecule has 0 aliphatic carbocycles. The van der Waals surface area contributed by atoms with Crippen LogP contribution in [0.4, 0.5) is 0 Å². The van der Waals surface area contributed by atoms with Crippen molar-refractivity contribution >= 4 is 44.5 Å². The van der Waals surface area contributed by atoms with E-state index < -0.39 is 9.84 Å². The normalized spacial score (nSPS) is 11.8. The van der Waals surface area contributed by atoms with E-state index >= 15 is 0 Å². The molecule has 0 bridgehead atoms. The van der Waals surface area contributed by atoms with E-state index in [0.717, 1.165) is 16.9 Å². The molecule has 0 aliphatic heterocycles. The van der Waals surface area contributed by atoms with Gasteiger partial charge in [-0.3, -0.25) is 0 Å². The average Bonchev–Trinajstić information content (AvgIpc) is 2.79. The number of aliphatic hydroxyl groups excluding tert-OH is 1. The quantitative estimate of drug-likeness (QED) is 0.840. The molecule has 0 unspecified atom stereocenters. The number of aryl methyl sites for hydroxylation is 1. The molecule has 8 heteroatoms. The van der Waals surface area contributed by atoms with Crippen LogP contribution in [0.2, 0.25) is 4.34 Å². The molecule has 2 rings (SSSR count). The number of halogens is 1. The number of aliphatic hydroxyl groups is 1. The van der Waals surface area contributed by atoms with Crippen molar-refractivity contribution in [2.45, 2.75) is 21.2 Å². The number of thioether (sulfide) groups is 1. The minimum atomic E-state index is -3.70. The Morgan fingerprint density at radius 2 is 2.00 bits per heavy atom. The van der Waals surface area contributed by atoms with Crippen molar-refractivity contribution in [1.82, 2.24) is 4.98 Å². The molecule has 0 fully saturated rings. The van der Waals surface area contributed by atoms with Gasteiger partial charge in [0.1, 0.15) is 4.34 Å². The summed E-state index contributed by atoms with van der Waals surface area (Å²) in [4.78, 5) is 4.24. The molecule has 1 aromatic carbocycles. The third kappa shape index (κ3) is 3.35. The Bertz CT molecular complexity index is 695. The molecule has 0 amide bonds. The first-order chi connectivity index (χ1) is 9.45. The molecule has 0 spiro atoms. The molecule has 0 radical (unpaired) electrons. The van der Waals surface area contributed by atoms with Crippen LogP contribution >= 0.6 is 34.7 Å². The largest absolute Gasteiger partial charge is 0.396 e. The third-order valence-corrected chi connectivity index (χ3v) is 6.76. The Kier molecular flexibility index (Phi) is 5.09. The lowest BCUT2D eigenvalue weighted by Gasteiger charge is -2.02. The van der Waals surface area contributed by atoms with Crippen molar-refractivity contribution in [2.24, 2.45) is 0 Å². The molecular weight excluding hydrogens is 338 g/mol. The number of nitrogens with zero attached hydrogens (tertiary/aromatic N) is 1. The first-order valence-electron chi connectivity index (χ1n) is 5.67. The van der Waals surface area contributed by atoms with Crippen molar-refractivity contribution in [2.75, 3.05) is 12.4 Å². The summed E-state index contributed by atoms with van der Waals surface area (Å²) in [6, 6.07) is 6.55. The highest BCUT2D eigenvalue weighted by molar-refractivity contribution is 8.01. The molecule has 0 atom stereocenters. The van der Waals surface area contributed by atoms with Crippen LogP contribution < -0.4 is 0 Å². The van der Waals surface area contributed by atoms with E-state index in [9.17, 15) is 8.42 Å². The molecule has 0 saturated heterocycles. The fourth-order valence-electron chi connectivity index (χ4n) is 1.46. The van der Waals surface area contributed by atoms with Gasteiger partial charge in [0.05, 0.1) is 11.5 Å². The standard InChI is InChI=1S/C12H12ClNO3S3/c1-8-2-4-9(5-3-8)20(16,17)11-10(13)19-12(14-11)18-7-6-15/h2-5,15H,6-7H2,1H3. The number of benzene rings is 1. The van der Waals surface area contributed by atoms with Crippen LogP contribution in [0.15, 0.2) is 38.5 Å². The molecule has 2 aromatic rings. The fraction of sp³-hybridized carbons (Fsp3) is 0.250. The Labute approximate surface area is 130 Å². The molecular formula is C12H12ClNO3S3. The van der Waals surface area contributed by atoms with Crippen molar-refractivity contribution in [3.63, 3.8) is 0 Å². The molecule has 1 heterocycles. The zero-order chi connectivity index (χ0) is 14.8. The van der Waals surface area contributed by atoms with Gasteiger partial charge in [0.25, 0.3) is 0 Å². The minimum Gasteiger partial charge on any atom is -0.396 e. The van der Waals surface area contributed by atoms with Gasteiger partial charge in [-0.25, -0.2) is 13.4 Å². The molecule has 1 aromatic heterocycles. The predicted octanol–water partition coefficient (Wildman–Crippen LogP) is 3.02. The third-order valence-electron chi connectivity index (χ3n) is 2.44. The van der Waals surface area contributed by atoms with E-state index in [-0.39, 0.29) is 20.9 Å². The van der Waals surface area contributed by atoms with Crippen molar-refractivity contribution in [1.29, 1.82) is 0 Å². The molecule has 0 aliphatic rings. The summed E-state index contributed by atoms with van der Waals surface area (Å²) in [6.45, 7) is 1.89. The Balaban J connectivity index is 2.39. The monoisotopic (exact) mass is 349 g/mol. The van der Waals surface area contributed by atoms with Gasteiger partial charge >= 0.3 is 0 Å². The van der Waals surface area contributed by atoms with Crippen LogP contribution in [-0.2, 0) is 9.84 Å². The van der Waals surface area contributed by atoms with Gasteiger partial charge in [-0.2, -0.15) is 0 Å². The van der Waals surface area contributed by atoms with Crippen LogP contribution in [0, 0.1) is 6.92 Å². The van der Waals surface area contributed by atoms with Gasteiger partial charge in [-0.05, 0) is 19.1 Å². The van der Waals surface area contributed by atoms with E-state index in [1.807, 2.05) is 6.92 Å². The number of hydrogen-bond donors (Lipinski definition) is 1. The summed E-state index contributed by atoms with van der Waals surface area (Å²) in [7, 11) is -3.70. The first-order valence-corrected chi connectivity index (χ1v) is 9.33. The molecule has 0 saturated carbocycles. The van der Waals surface area contributed by atoms with Crippen LogP contribution in [0.5, 0.6) is 0 Å². The maximum atomic E-state index is 12.5.